The smallest absolute Gasteiger partial charge is 0.408 e. The van der Waals surface area contributed by atoms with Gasteiger partial charge in [-0.1, -0.05) is 44.2 Å². The van der Waals surface area contributed by atoms with Crippen molar-refractivity contribution < 1.29 is 14.0 Å². The van der Waals surface area contributed by atoms with Crippen LogP contribution < -0.4 is 9.83 Å². The molecule has 0 aliphatic carbocycles. The molecule has 1 atom stereocenters. The highest BCUT2D eigenvalue weighted by atomic mass is 31.2. The molecule has 0 aromatic heterocycles. The summed E-state index contributed by atoms with van der Waals surface area (Å²) >= 11 is 0. The van der Waals surface area contributed by atoms with Gasteiger partial charge in [0.2, 0.25) is 0 Å². The van der Waals surface area contributed by atoms with E-state index >= 15 is 0 Å². The standard InChI is InChI=1S/C16H19O3P/c1-3-13-9-8-12-16(15(13)4-2)20(17,18)19-14-10-6-5-7-11-14/h5-12H,3-4H2,1-2H3,(H,17,18). The Kier molecular flexibility index (Phi) is 4.64. The van der Waals surface area contributed by atoms with E-state index in [4.69, 9.17) is 4.52 Å². The molecule has 2 rings (SSSR count). The summed E-state index contributed by atoms with van der Waals surface area (Å²) in [4.78, 5) is 10.3. The van der Waals surface area contributed by atoms with Crippen LogP contribution in [-0.2, 0) is 17.4 Å². The summed E-state index contributed by atoms with van der Waals surface area (Å²) in [5.41, 5.74) is 2.01. The number of aryl methyl sites for hydroxylation is 1. The molecule has 1 unspecified atom stereocenters. The highest BCUT2D eigenvalue weighted by Crippen LogP contribution is 2.43. The minimum absolute atomic E-state index is 0.405. The van der Waals surface area contributed by atoms with Crippen molar-refractivity contribution in [2.75, 3.05) is 0 Å². The summed E-state index contributed by atoms with van der Waals surface area (Å²) in [6.07, 6.45) is 1.55. The zero-order valence-electron chi connectivity index (χ0n) is 11.7. The van der Waals surface area contributed by atoms with Gasteiger partial charge in [-0.2, -0.15) is 0 Å². The SMILES string of the molecule is CCc1cccc(P(=O)(O)Oc2ccccc2)c1CC. The summed E-state index contributed by atoms with van der Waals surface area (Å²) in [6.45, 7) is 4.03. The number of rotatable bonds is 5. The molecule has 0 saturated heterocycles. The van der Waals surface area contributed by atoms with Gasteiger partial charge in [-0.3, -0.25) is 0 Å². The molecule has 4 heteroatoms. The Labute approximate surface area is 119 Å². The minimum Gasteiger partial charge on any atom is -0.421 e. The molecule has 106 valence electrons. The van der Waals surface area contributed by atoms with Gasteiger partial charge in [-0.05, 0) is 42.2 Å². The second kappa shape index (κ2) is 6.25. The molecule has 0 heterocycles. The van der Waals surface area contributed by atoms with Gasteiger partial charge >= 0.3 is 7.60 Å². The molecule has 0 bridgehead atoms. The lowest BCUT2D eigenvalue weighted by Gasteiger charge is -2.18. The third-order valence-corrected chi connectivity index (χ3v) is 4.75. The van der Waals surface area contributed by atoms with E-state index in [-0.39, 0.29) is 0 Å². The first-order chi connectivity index (χ1) is 9.58. The Morgan fingerprint density at radius 3 is 2.30 bits per heavy atom. The topological polar surface area (TPSA) is 46.5 Å². The second-order valence-corrected chi connectivity index (χ2v) is 6.25. The van der Waals surface area contributed by atoms with E-state index in [2.05, 4.69) is 0 Å². The summed E-state index contributed by atoms with van der Waals surface area (Å²) in [6, 6.07) is 14.2. The van der Waals surface area contributed by atoms with Gasteiger partial charge in [0.15, 0.2) is 0 Å². The van der Waals surface area contributed by atoms with E-state index in [1.54, 1.807) is 30.3 Å². The van der Waals surface area contributed by atoms with Gasteiger partial charge in [-0.25, -0.2) is 4.57 Å². The zero-order valence-corrected chi connectivity index (χ0v) is 12.6. The van der Waals surface area contributed by atoms with Gasteiger partial charge in [-0.15, -0.1) is 0 Å². The van der Waals surface area contributed by atoms with Crippen LogP contribution in [0.4, 0.5) is 0 Å². The lowest BCUT2D eigenvalue weighted by atomic mass is 10.0. The van der Waals surface area contributed by atoms with Crippen LogP contribution in [0.3, 0.4) is 0 Å². The average molecular weight is 290 g/mol. The predicted molar refractivity (Wildman–Crippen MR) is 81.7 cm³/mol. The second-order valence-electron chi connectivity index (χ2n) is 4.55. The molecule has 0 radical (unpaired) electrons. The maximum Gasteiger partial charge on any atom is 0.408 e. The van der Waals surface area contributed by atoms with Crippen LogP contribution in [0.15, 0.2) is 48.5 Å². The molecule has 0 spiro atoms. The van der Waals surface area contributed by atoms with Crippen LogP contribution >= 0.6 is 7.60 Å². The summed E-state index contributed by atoms with van der Waals surface area (Å²) in [7, 11) is -3.86. The van der Waals surface area contributed by atoms with Gasteiger partial charge in [0.1, 0.15) is 5.75 Å². The first kappa shape index (κ1) is 14.8. The molecule has 0 amide bonds. The summed E-state index contributed by atoms with van der Waals surface area (Å²) < 4.78 is 17.9. The predicted octanol–water partition coefficient (Wildman–Crippen LogP) is 3.70. The summed E-state index contributed by atoms with van der Waals surface area (Å²) in [5.74, 6) is 0.405. The molecule has 2 aromatic rings. The van der Waals surface area contributed by atoms with Crippen LogP contribution in [0.5, 0.6) is 5.75 Å². The van der Waals surface area contributed by atoms with Crippen molar-refractivity contribution >= 4 is 12.9 Å². The average Bonchev–Trinajstić information content (AvgIpc) is 2.46. The fourth-order valence-corrected chi connectivity index (χ4v) is 3.72. The lowest BCUT2D eigenvalue weighted by molar-refractivity contribution is 0.393. The van der Waals surface area contributed by atoms with Crippen molar-refractivity contribution in [1.82, 2.24) is 0 Å². The van der Waals surface area contributed by atoms with Gasteiger partial charge < -0.3 is 9.42 Å². The first-order valence-corrected chi connectivity index (χ1v) is 8.35. The van der Waals surface area contributed by atoms with E-state index in [0.29, 0.717) is 17.5 Å². The first-order valence-electron chi connectivity index (χ1n) is 6.77. The van der Waals surface area contributed by atoms with Gasteiger partial charge in [0.25, 0.3) is 0 Å². The lowest BCUT2D eigenvalue weighted by Crippen LogP contribution is -2.16. The molecule has 0 aliphatic heterocycles. The van der Waals surface area contributed by atoms with Crippen molar-refractivity contribution in [2.45, 2.75) is 26.7 Å². The molecular formula is C16H19O3P. The van der Waals surface area contributed by atoms with E-state index in [1.165, 1.54) is 0 Å². The molecule has 20 heavy (non-hydrogen) atoms. The number of benzene rings is 2. The quantitative estimate of drug-likeness (QED) is 0.854. The minimum atomic E-state index is -3.86. The van der Waals surface area contributed by atoms with Crippen molar-refractivity contribution in [3.05, 3.63) is 59.7 Å². The van der Waals surface area contributed by atoms with E-state index < -0.39 is 7.60 Å². The van der Waals surface area contributed by atoms with E-state index in [1.807, 2.05) is 32.0 Å². The van der Waals surface area contributed by atoms with Crippen LogP contribution in [0.1, 0.15) is 25.0 Å². The Morgan fingerprint density at radius 1 is 1.00 bits per heavy atom. The number of hydrogen-bond acceptors (Lipinski definition) is 2. The van der Waals surface area contributed by atoms with E-state index in [9.17, 15) is 9.46 Å². The van der Waals surface area contributed by atoms with Crippen molar-refractivity contribution in [3.8, 4) is 5.75 Å². The molecule has 2 aromatic carbocycles. The molecular weight excluding hydrogens is 271 g/mol. The normalized spacial score (nSPS) is 13.8. The Balaban J connectivity index is 2.41. The van der Waals surface area contributed by atoms with E-state index in [0.717, 1.165) is 17.5 Å². The largest absolute Gasteiger partial charge is 0.421 e. The third kappa shape index (κ3) is 3.12. The van der Waals surface area contributed by atoms with Gasteiger partial charge in [0.05, 0.1) is 5.30 Å². The maximum absolute atomic E-state index is 12.6. The number of para-hydroxylation sites is 1. The molecule has 1 N–H and O–H groups in total. The summed E-state index contributed by atoms with van der Waals surface area (Å²) in [5, 5.41) is 0.406. The Morgan fingerprint density at radius 2 is 1.70 bits per heavy atom. The number of hydrogen-bond donors (Lipinski definition) is 1. The maximum atomic E-state index is 12.6. The monoisotopic (exact) mass is 290 g/mol. The fraction of sp³-hybridized carbons (Fsp3) is 0.250. The van der Waals surface area contributed by atoms with Crippen molar-refractivity contribution in [3.63, 3.8) is 0 Å². The highest BCUT2D eigenvalue weighted by Gasteiger charge is 2.27. The van der Waals surface area contributed by atoms with Crippen LogP contribution in [0.25, 0.3) is 0 Å². The van der Waals surface area contributed by atoms with Gasteiger partial charge in [0, 0.05) is 0 Å². The third-order valence-electron chi connectivity index (χ3n) is 3.26. The fourth-order valence-electron chi connectivity index (χ4n) is 2.30. The van der Waals surface area contributed by atoms with Crippen molar-refractivity contribution in [1.29, 1.82) is 0 Å². The molecule has 0 saturated carbocycles. The zero-order chi connectivity index (χ0) is 14.6. The Bertz CT molecular complexity index is 623. The van der Waals surface area contributed by atoms with Crippen LogP contribution in [0.2, 0.25) is 0 Å². The highest BCUT2D eigenvalue weighted by molar-refractivity contribution is 7.61. The molecule has 0 aliphatic rings. The Hall–Kier alpha value is -1.57. The molecule has 3 nitrogen and oxygen atoms in total. The molecule has 0 fully saturated rings. The van der Waals surface area contributed by atoms with Crippen molar-refractivity contribution in [2.24, 2.45) is 0 Å². The van der Waals surface area contributed by atoms with Crippen LogP contribution in [0, 0.1) is 0 Å². The van der Waals surface area contributed by atoms with Crippen LogP contribution in [-0.4, -0.2) is 4.89 Å².